The third kappa shape index (κ3) is 5.66. The number of halogens is 1. The lowest BCUT2D eigenvalue weighted by atomic mass is 10.0. The van der Waals surface area contributed by atoms with Crippen molar-refractivity contribution in [2.45, 2.75) is 0 Å². The summed E-state index contributed by atoms with van der Waals surface area (Å²) in [7, 11) is 0. The van der Waals surface area contributed by atoms with E-state index in [1.54, 1.807) is 12.1 Å². The van der Waals surface area contributed by atoms with Crippen LogP contribution in [-0.4, -0.2) is 25.2 Å². The zero-order valence-corrected chi connectivity index (χ0v) is 25.5. The molecule has 0 N–H and O–H groups in total. The van der Waals surface area contributed by atoms with Crippen molar-refractivity contribution in [3.8, 4) is 23.0 Å². The Balaban J connectivity index is 1.17. The molecule has 0 fully saturated rings. The third-order valence-corrected chi connectivity index (χ3v) is 8.18. The molecule has 220 valence electrons. The minimum atomic E-state index is -0.535. The van der Waals surface area contributed by atoms with Crippen molar-refractivity contribution in [2.24, 2.45) is 0 Å². The van der Waals surface area contributed by atoms with Gasteiger partial charge in [-0.3, -0.25) is 0 Å². The highest BCUT2D eigenvalue weighted by atomic mass is 79.9. The standard InChI is InChI=1S/C38H25BrO6/c39-31-19-9-18-30-36(31)38(43-23-35(41)45-33-21-8-13-25-11-2-4-15-27(25)33)29-17-6-5-16-28(29)37(30)42-22-34(40)44-32-20-7-12-24-10-1-3-14-26(24)32/h1-21H,22-23H2. The smallest absolute Gasteiger partial charge is 0.349 e. The van der Waals surface area contributed by atoms with E-state index in [1.165, 1.54) is 0 Å². The Kier molecular flexibility index (Phi) is 7.76. The molecule has 0 radical (unpaired) electrons. The summed E-state index contributed by atoms with van der Waals surface area (Å²) in [6, 6.07) is 39.8. The molecule has 7 heteroatoms. The third-order valence-electron chi connectivity index (χ3n) is 7.52. The Morgan fingerprint density at radius 2 is 0.889 bits per heavy atom. The average Bonchev–Trinajstić information content (AvgIpc) is 3.07. The van der Waals surface area contributed by atoms with Crippen LogP contribution in [0.1, 0.15) is 0 Å². The first-order chi connectivity index (χ1) is 22.1. The van der Waals surface area contributed by atoms with Crippen LogP contribution in [0.4, 0.5) is 0 Å². The predicted molar refractivity (Wildman–Crippen MR) is 179 cm³/mol. The summed E-state index contributed by atoms with van der Waals surface area (Å²) in [5.41, 5.74) is 0. The van der Waals surface area contributed by atoms with Crippen LogP contribution in [0, 0.1) is 0 Å². The largest absolute Gasteiger partial charge is 0.481 e. The fourth-order valence-corrected chi connectivity index (χ4v) is 6.09. The number of hydrogen-bond donors (Lipinski definition) is 0. The molecule has 7 rings (SSSR count). The molecule has 0 aliphatic carbocycles. The van der Waals surface area contributed by atoms with Gasteiger partial charge in [-0.25, -0.2) is 9.59 Å². The topological polar surface area (TPSA) is 71.1 Å². The Morgan fingerprint density at radius 1 is 0.467 bits per heavy atom. The van der Waals surface area contributed by atoms with Crippen molar-refractivity contribution in [1.82, 2.24) is 0 Å². The van der Waals surface area contributed by atoms with Gasteiger partial charge in [0.05, 0.1) is 0 Å². The summed E-state index contributed by atoms with van der Waals surface area (Å²) in [6.45, 7) is -0.631. The average molecular weight is 658 g/mol. The van der Waals surface area contributed by atoms with Gasteiger partial charge in [0.25, 0.3) is 0 Å². The summed E-state index contributed by atoms with van der Waals surface area (Å²) < 4.78 is 24.6. The van der Waals surface area contributed by atoms with Gasteiger partial charge in [-0.1, -0.05) is 125 Å². The zero-order chi connectivity index (χ0) is 30.8. The highest BCUT2D eigenvalue weighted by Gasteiger charge is 2.21. The maximum absolute atomic E-state index is 13.0. The van der Waals surface area contributed by atoms with Crippen LogP contribution in [-0.2, 0) is 9.59 Å². The number of rotatable bonds is 8. The first-order valence-electron chi connectivity index (χ1n) is 14.3. The van der Waals surface area contributed by atoms with E-state index >= 15 is 0 Å². The monoisotopic (exact) mass is 656 g/mol. The Hall–Kier alpha value is -5.40. The van der Waals surface area contributed by atoms with E-state index in [9.17, 15) is 9.59 Å². The number of fused-ring (bicyclic) bond motifs is 4. The highest BCUT2D eigenvalue weighted by molar-refractivity contribution is 9.10. The summed E-state index contributed by atoms with van der Waals surface area (Å²) in [6.07, 6.45) is 0. The molecular formula is C38H25BrO6. The normalized spacial score (nSPS) is 11.1. The minimum absolute atomic E-state index is 0.313. The zero-order valence-electron chi connectivity index (χ0n) is 23.9. The summed E-state index contributed by atoms with van der Waals surface area (Å²) in [5, 5.41) is 6.47. The van der Waals surface area contributed by atoms with E-state index in [0.717, 1.165) is 31.4 Å². The molecule has 0 spiro atoms. The van der Waals surface area contributed by atoms with Crippen LogP contribution in [0.25, 0.3) is 43.1 Å². The van der Waals surface area contributed by atoms with Gasteiger partial charge in [-0.2, -0.15) is 0 Å². The van der Waals surface area contributed by atoms with E-state index in [2.05, 4.69) is 15.9 Å². The number of ether oxygens (including phenoxy) is 4. The van der Waals surface area contributed by atoms with Gasteiger partial charge in [0, 0.05) is 36.8 Å². The van der Waals surface area contributed by atoms with Crippen molar-refractivity contribution < 1.29 is 28.5 Å². The predicted octanol–water partition coefficient (Wildman–Crippen LogP) is 9.03. The molecule has 0 amide bonds. The van der Waals surface area contributed by atoms with Crippen LogP contribution in [0.5, 0.6) is 23.0 Å². The van der Waals surface area contributed by atoms with Crippen LogP contribution < -0.4 is 18.9 Å². The van der Waals surface area contributed by atoms with Crippen molar-refractivity contribution in [2.75, 3.05) is 13.2 Å². The van der Waals surface area contributed by atoms with Crippen LogP contribution in [0.3, 0.4) is 0 Å². The molecule has 45 heavy (non-hydrogen) atoms. The van der Waals surface area contributed by atoms with E-state index in [4.69, 9.17) is 18.9 Å². The molecule has 7 aromatic carbocycles. The molecule has 7 aromatic rings. The Labute approximate surface area is 266 Å². The highest BCUT2D eigenvalue weighted by Crippen LogP contribution is 2.45. The van der Waals surface area contributed by atoms with E-state index in [0.29, 0.717) is 39.2 Å². The summed E-state index contributed by atoms with van der Waals surface area (Å²) >= 11 is 3.66. The molecule has 0 unspecified atom stereocenters. The van der Waals surface area contributed by atoms with Gasteiger partial charge in [-0.15, -0.1) is 0 Å². The molecule has 0 saturated carbocycles. The van der Waals surface area contributed by atoms with Gasteiger partial charge in [0.2, 0.25) is 0 Å². The maximum atomic E-state index is 13.0. The molecule has 6 nitrogen and oxygen atoms in total. The lowest BCUT2D eigenvalue weighted by Crippen LogP contribution is -2.19. The Morgan fingerprint density at radius 3 is 1.47 bits per heavy atom. The fraction of sp³-hybridized carbons (Fsp3) is 0.0526. The summed E-state index contributed by atoms with van der Waals surface area (Å²) in [4.78, 5) is 26.0. The maximum Gasteiger partial charge on any atom is 0.349 e. The van der Waals surface area contributed by atoms with Gasteiger partial charge in [0.15, 0.2) is 13.2 Å². The molecule has 0 heterocycles. The minimum Gasteiger partial charge on any atom is -0.481 e. The van der Waals surface area contributed by atoms with Gasteiger partial charge >= 0.3 is 11.9 Å². The first kappa shape index (κ1) is 28.4. The van der Waals surface area contributed by atoms with E-state index in [-0.39, 0.29) is 13.2 Å². The quantitative estimate of drug-likeness (QED) is 0.0923. The number of benzene rings is 7. The number of esters is 2. The van der Waals surface area contributed by atoms with Gasteiger partial charge < -0.3 is 18.9 Å². The fourth-order valence-electron chi connectivity index (χ4n) is 5.54. The first-order valence-corrected chi connectivity index (χ1v) is 15.1. The lowest BCUT2D eigenvalue weighted by Gasteiger charge is -2.18. The molecular weight excluding hydrogens is 632 g/mol. The van der Waals surface area contributed by atoms with Crippen LogP contribution >= 0.6 is 15.9 Å². The molecule has 0 saturated heterocycles. The Bertz CT molecular complexity index is 2230. The van der Waals surface area contributed by atoms with Crippen LogP contribution in [0.2, 0.25) is 0 Å². The number of carbonyl (C=O) groups is 2. The van der Waals surface area contributed by atoms with Gasteiger partial charge in [0.1, 0.15) is 23.0 Å². The number of hydrogen-bond acceptors (Lipinski definition) is 6. The van der Waals surface area contributed by atoms with Gasteiger partial charge in [-0.05, 0) is 29.0 Å². The molecule has 0 aromatic heterocycles. The molecule has 0 atom stereocenters. The van der Waals surface area contributed by atoms with E-state index in [1.807, 2.05) is 115 Å². The van der Waals surface area contributed by atoms with Crippen molar-refractivity contribution in [1.29, 1.82) is 0 Å². The van der Waals surface area contributed by atoms with E-state index < -0.39 is 11.9 Å². The number of carbonyl (C=O) groups excluding carboxylic acids is 2. The van der Waals surface area contributed by atoms with Crippen LogP contribution in [0.15, 0.2) is 132 Å². The lowest BCUT2D eigenvalue weighted by molar-refractivity contribution is -0.137. The molecule has 0 bridgehead atoms. The van der Waals surface area contributed by atoms with Crippen molar-refractivity contribution in [3.05, 3.63) is 132 Å². The second-order valence-corrected chi connectivity index (χ2v) is 11.2. The van der Waals surface area contributed by atoms with Crippen molar-refractivity contribution in [3.63, 3.8) is 0 Å². The second kappa shape index (κ2) is 12.3. The molecule has 0 aliphatic rings. The van der Waals surface area contributed by atoms with Crippen molar-refractivity contribution >= 4 is 71.0 Å². The SMILES string of the molecule is O=C(COc1c2ccccc2c(OCC(=O)Oc2cccc3ccccc23)c2c(Br)cccc12)Oc1cccc2ccccc12. The second-order valence-electron chi connectivity index (χ2n) is 10.3. The summed E-state index contributed by atoms with van der Waals surface area (Å²) in [5.74, 6) is 0.869. The molecule has 0 aliphatic heterocycles.